The SMILES string of the molecule is CCN1CC2CCC(C1)N2c1ncc(C2CCN(CCCCCCCCCCOC(C)C)CC2)cn1. The molecule has 2 atom stereocenters. The van der Waals surface area contributed by atoms with E-state index in [1.165, 1.54) is 115 Å². The highest BCUT2D eigenvalue weighted by Crippen LogP contribution is 2.34. The fourth-order valence-corrected chi connectivity index (χ4v) is 6.56. The number of hydrogen-bond donors (Lipinski definition) is 0. The van der Waals surface area contributed by atoms with Crippen LogP contribution in [0.4, 0.5) is 5.95 Å². The number of nitrogens with zero attached hydrogens (tertiary/aromatic N) is 5. The topological polar surface area (TPSA) is 44.7 Å². The zero-order valence-electron chi connectivity index (χ0n) is 23.5. The first-order valence-corrected chi connectivity index (χ1v) is 15.3. The second-order valence-corrected chi connectivity index (χ2v) is 11.8. The molecule has 2 unspecified atom stereocenters. The van der Waals surface area contributed by atoms with E-state index >= 15 is 0 Å². The summed E-state index contributed by atoms with van der Waals surface area (Å²) in [4.78, 5) is 17.6. The molecule has 4 rings (SSSR count). The summed E-state index contributed by atoms with van der Waals surface area (Å²) in [6, 6.07) is 1.21. The second-order valence-electron chi connectivity index (χ2n) is 11.8. The number of ether oxygens (including phenoxy) is 1. The third-order valence-corrected chi connectivity index (χ3v) is 8.77. The summed E-state index contributed by atoms with van der Waals surface area (Å²) in [5, 5.41) is 0. The Morgan fingerprint density at radius 3 is 1.97 bits per heavy atom. The summed E-state index contributed by atoms with van der Waals surface area (Å²) in [7, 11) is 0. The van der Waals surface area contributed by atoms with Gasteiger partial charge >= 0.3 is 0 Å². The molecule has 0 spiro atoms. The molecule has 0 aliphatic carbocycles. The summed E-state index contributed by atoms with van der Waals surface area (Å²) < 4.78 is 5.62. The van der Waals surface area contributed by atoms with E-state index in [2.05, 4.69) is 47.9 Å². The van der Waals surface area contributed by atoms with Gasteiger partial charge in [-0.05, 0) is 90.0 Å². The smallest absolute Gasteiger partial charge is 0.225 e. The molecule has 6 heteroatoms. The number of fused-ring (bicyclic) bond motifs is 2. The van der Waals surface area contributed by atoms with Crippen molar-refractivity contribution in [2.45, 2.75) is 122 Å². The van der Waals surface area contributed by atoms with E-state index in [9.17, 15) is 0 Å². The van der Waals surface area contributed by atoms with Crippen LogP contribution in [0.3, 0.4) is 0 Å². The van der Waals surface area contributed by atoms with Crippen LogP contribution in [0.2, 0.25) is 0 Å². The number of rotatable bonds is 15. The van der Waals surface area contributed by atoms with E-state index in [4.69, 9.17) is 14.7 Å². The van der Waals surface area contributed by atoms with Crippen molar-refractivity contribution < 1.29 is 4.74 Å². The number of piperidine rings is 1. The van der Waals surface area contributed by atoms with Crippen LogP contribution in [0.25, 0.3) is 0 Å². The molecule has 3 aliphatic rings. The molecule has 204 valence electrons. The van der Waals surface area contributed by atoms with Crippen LogP contribution in [-0.4, -0.2) is 83.8 Å². The minimum Gasteiger partial charge on any atom is -0.379 e. The molecular formula is C30H53N5O. The Morgan fingerprint density at radius 1 is 0.806 bits per heavy atom. The summed E-state index contributed by atoms with van der Waals surface area (Å²) in [6.45, 7) is 14.7. The molecular weight excluding hydrogens is 446 g/mol. The molecule has 2 bridgehead atoms. The minimum absolute atomic E-state index is 0.378. The van der Waals surface area contributed by atoms with Gasteiger partial charge in [-0.15, -0.1) is 0 Å². The average molecular weight is 500 g/mol. The van der Waals surface area contributed by atoms with Crippen molar-refractivity contribution >= 4 is 5.95 Å². The maximum atomic E-state index is 5.62. The van der Waals surface area contributed by atoms with Crippen molar-refractivity contribution in [2.75, 3.05) is 50.8 Å². The lowest BCUT2D eigenvalue weighted by molar-refractivity contribution is 0.0756. The van der Waals surface area contributed by atoms with Crippen LogP contribution >= 0.6 is 0 Å². The lowest BCUT2D eigenvalue weighted by Gasteiger charge is -2.40. The van der Waals surface area contributed by atoms with E-state index in [0.717, 1.165) is 19.1 Å². The molecule has 1 aromatic rings. The average Bonchev–Trinajstić information content (AvgIpc) is 3.16. The van der Waals surface area contributed by atoms with Gasteiger partial charge < -0.3 is 14.5 Å². The largest absolute Gasteiger partial charge is 0.379 e. The van der Waals surface area contributed by atoms with Crippen LogP contribution in [0, 0.1) is 0 Å². The number of piperazine rings is 1. The Balaban J connectivity index is 1.06. The van der Waals surface area contributed by atoms with E-state index in [1.807, 2.05) is 0 Å². The Hall–Kier alpha value is -1.24. The van der Waals surface area contributed by atoms with Crippen LogP contribution in [0.5, 0.6) is 0 Å². The predicted octanol–water partition coefficient (Wildman–Crippen LogP) is 5.87. The first-order chi connectivity index (χ1) is 17.6. The maximum Gasteiger partial charge on any atom is 0.225 e. The fraction of sp³-hybridized carbons (Fsp3) is 0.867. The first kappa shape index (κ1) is 27.8. The second kappa shape index (κ2) is 14.6. The monoisotopic (exact) mass is 499 g/mol. The number of unbranched alkanes of at least 4 members (excludes halogenated alkanes) is 7. The van der Waals surface area contributed by atoms with Crippen molar-refractivity contribution in [3.8, 4) is 0 Å². The summed E-state index contributed by atoms with van der Waals surface area (Å²) in [5.41, 5.74) is 1.36. The quantitative estimate of drug-likeness (QED) is 0.281. The Kier molecular flexibility index (Phi) is 11.3. The van der Waals surface area contributed by atoms with Crippen LogP contribution < -0.4 is 4.90 Å². The number of hydrogen-bond acceptors (Lipinski definition) is 6. The van der Waals surface area contributed by atoms with Crippen LogP contribution in [-0.2, 0) is 4.74 Å². The number of aromatic nitrogens is 2. The molecule has 3 saturated heterocycles. The zero-order valence-corrected chi connectivity index (χ0v) is 23.5. The van der Waals surface area contributed by atoms with Gasteiger partial charge in [0.25, 0.3) is 0 Å². The Bertz CT molecular complexity index is 719. The van der Waals surface area contributed by atoms with E-state index < -0.39 is 0 Å². The number of likely N-dealkylation sites (tertiary alicyclic amines) is 2. The van der Waals surface area contributed by atoms with Gasteiger partial charge in [-0.1, -0.05) is 45.4 Å². The van der Waals surface area contributed by atoms with Gasteiger partial charge in [0.15, 0.2) is 0 Å². The Morgan fingerprint density at radius 2 is 1.39 bits per heavy atom. The number of likely N-dealkylation sites (N-methyl/N-ethyl adjacent to an activating group) is 1. The molecule has 0 aromatic carbocycles. The highest BCUT2D eigenvalue weighted by Gasteiger charge is 2.40. The van der Waals surface area contributed by atoms with Crippen molar-refractivity contribution in [3.63, 3.8) is 0 Å². The van der Waals surface area contributed by atoms with Gasteiger partial charge in [-0.3, -0.25) is 4.90 Å². The van der Waals surface area contributed by atoms with Crippen molar-refractivity contribution in [3.05, 3.63) is 18.0 Å². The molecule has 4 heterocycles. The van der Waals surface area contributed by atoms with Crippen molar-refractivity contribution in [2.24, 2.45) is 0 Å². The molecule has 3 aliphatic heterocycles. The summed E-state index contributed by atoms with van der Waals surface area (Å²) in [5.74, 6) is 1.61. The zero-order chi connectivity index (χ0) is 25.2. The molecule has 0 amide bonds. The minimum atomic E-state index is 0.378. The highest BCUT2D eigenvalue weighted by molar-refractivity contribution is 5.38. The molecule has 36 heavy (non-hydrogen) atoms. The van der Waals surface area contributed by atoms with E-state index in [1.54, 1.807) is 0 Å². The molecule has 0 N–H and O–H groups in total. The van der Waals surface area contributed by atoms with E-state index in [-0.39, 0.29) is 0 Å². The molecule has 3 fully saturated rings. The standard InChI is InChI=1S/C30H53N5O/c1-4-33-23-28-13-14-29(24-33)35(28)30-31-21-27(22-32-30)26-15-18-34(19-16-26)17-11-9-7-5-6-8-10-12-20-36-25(2)3/h21-22,25-26,28-29H,4-20,23-24H2,1-3H3. The van der Waals surface area contributed by atoms with Crippen LogP contribution in [0.1, 0.15) is 109 Å². The van der Waals surface area contributed by atoms with Gasteiger partial charge in [-0.2, -0.15) is 0 Å². The van der Waals surface area contributed by atoms with Crippen molar-refractivity contribution in [1.82, 2.24) is 19.8 Å². The lowest BCUT2D eigenvalue weighted by Crippen LogP contribution is -2.54. The summed E-state index contributed by atoms with van der Waals surface area (Å²) >= 11 is 0. The molecule has 0 saturated carbocycles. The highest BCUT2D eigenvalue weighted by atomic mass is 16.5. The van der Waals surface area contributed by atoms with Crippen molar-refractivity contribution in [1.29, 1.82) is 0 Å². The van der Waals surface area contributed by atoms with Gasteiger partial charge in [0.05, 0.1) is 6.10 Å². The lowest BCUT2D eigenvalue weighted by atomic mass is 9.91. The first-order valence-electron chi connectivity index (χ1n) is 15.3. The van der Waals surface area contributed by atoms with Crippen LogP contribution in [0.15, 0.2) is 12.4 Å². The summed E-state index contributed by atoms with van der Waals surface area (Å²) in [6.07, 6.45) is 20.6. The maximum absolute atomic E-state index is 5.62. The van der Waals surface area contributed by atoms with Gasteiger partial charge in [0, 0.05) is 44.2 Å². The molecule has 1 aromatic heterocycles. The normalized spacial score (nSPS) is 23.7. The van der Waals surface area contributed by atoms with E-state index in [0.29, 0.717) is 24.1 Å². The molecule has 6 nitrogen and oxygen atoms in total. The third kappa shape index (κ3) is 8.13. The van der Waals surface area contributed by atoms with Gasteiger partial charge in [-0.25, -0.2) is 9.97 Å². The molecule has 0 radical (unpaired) electrons. The third-order valence-electron chi connectivity index (χ3n) is 8.77. The fourth-order valence-electron chi connectivity index (χ4n) is 6.56. The van der Waals surface area contributed by atoms with Gasteiger partial charge in [0.2, 0.25) is 5.95 Å². The Labute approximate surface area is 221 Å². The van der Waals surface area contributed by atoms with Gasteiger partial charge in [0.1, 0.15) is 0 Å². The number of anilines is 1. The predicted molar refractivity (Wildman–Crippen MR) is 150 cm³/mol.